The third-order valence-electron chi connectivity index (χ3n) is 2.55. The van der Waals surface area contributed by atoms with Gasteiger partial charge in [-0.3, -0.25) is 25.6 Å². The number of carbonyl (C=O) groups is 3. The van der Waals surface area contributed by atoms with Crippen LogP contribution in [0.5, 0.6) is 0 Å². The van der Waals surface area contributed by atoms with Crippen LogP contribution >= 0.6 is 0 Å². The van der Waals surface area contributed by atoms with Crippen molar-refractivity contribution in [1.29, 1.82) is 0 Å². The molecular formula is C12H12N4O3. The largest absolute Gasteiger partial charge is 0.328 e. The van der Waals surface area contributed by atoms with Crippen LogP contribution in [0.15, 0.2) is 35.4 Å². The number of urea groups is 1. The zero-order valence-electron chi connectivity index (χ0n) is 10.1. The second-order valence-electron chi connectivity index (χ2n) is 3.97. The lowest BCUT2D eigenvalue weighted by molar-refractivity contribution is -0.132. The van der Waals surface area contributed by atoms with E-state index in [1.54, 1.807) is 12.1 Å². The molecule has 0 spiro atoms. The summed E-state index contributed by atoms with van der Waals surface area (Å²) >= 11 is 0. The van der Waals surface area contributed by atoms with E-state index in [1.807, 2.05) is 28.8 Å². The fourth-order valence-corrected chi connectivity index (χ4v) is 1.63. The van der Waals surface area contributed by atoms with Crippen LogP contribution in [0.1, 0.15) is 6.92 Å². The van der Waals surface area contributed by atoms with Crippen LogP contribution < -0.4 is 16.1 Å². The van der Waals surface area contributed by atoms with Crippen LogP contribution in [0.4, 0.5) is 10.5 Å². The molecule has 1 aliphatic heterocycles. The highest BCUT2D eigenvalue weighted by Gasteiger charge is 2.36. The lowest BCUT2D eigenvalue weighted by Gasteiger charge is -2.20. The third-order valence-corrected chi connectivity index (χ3v) is 2.55. The Hall–Kier alpha value is -2.70. The van der Waals surface area contributed by atoms with Gasteiger partial charge in [0.2, 0.25) is 11.8 Å². The molecule has 7 heteroatoms. The van der Waals surface area contributed by atoms with Crippen LogP contribution in [0.2, 0.25) is 0 Å². The number of nitrogens with one attached hydrogen (secondary N) is 3. The van der Waals surface area contributed by atoms with E-state index >= 15 is 0 Å². The second kappa shape index (κ2) is 5.30. The molecule has 0 aliphatic carbocycles. The summed E-state index contributed by atoms with van der Waals surface area (Å²) in [6.07, 6.45) is 0. The number of benzene rings is 1. The molecule has 0 saturated carbocycles. The lowest BCUT2D eigenvalue weighted by atomic mass is 10.0. The van der Waals surface area contributed by atoms with E-state index in [0.29, 0.717) is 0 Å². The summed E-state index contributed by atoms with van der Waals surface area (Å²) in [7, 11) is 0. The molecule has 0 aromatic heterocycles. The molecule has 1 heterocycles. The number of para-hydroxylation sites is 1. The molecule has 19 heavy (non-hydrogen) atoms. The van der Waals surface area contributed by atoms with E-state index in [2.05, 4.69) is 10.5 Å². The Labute approximate surface area is 109 Å². The van der Waals surface area contributed by atoms with Crippen molar-refractivity contribution in [3.05, 3.63) is 30.3 Å². The van der Waals surface area contributed by atoms with Crippen LogP contribution in [0, 0.1) is 5.92 Å². The number of carbonyl (C=O) groups excluding carboxylic acids is 3. The lowest BCUT2D eigenvalue weighted by Crippen LogP contribution is -2.57. The minimum absolute atomic E-state index is 0.270. The Morgan fingerprint density at radius 2 is 1.68 bits per heavy atom. The first kappa shape index (κ1) is 12.7. The predicted molar refractivity (Wildman–Crippen MR) is 68.3 cm³/mol. The normalized spacial score (nSPS) is 16.9. The highest BCUT2D eigenvalue weighted by molar-refractivity contribution is 6.27. The summed E-state index contributed by atoms with van der Waals surface area (Å²) in [4.78, 5) is 34.0. The van der Waals surface area contributed by atoms with Gasteiger partial charge in [-0.15, -0.1) is 0 Å². The van der Waals surface area contributed by atoms with Crippen molar-refractivity contribution in [3.63, 3.8) is 0 Å². The number of hydrogen-bond acceptors (Lipinski definition) is 5. The zero-order chi connectivity index (χ0) is 13.8. The maximum absolute atomic E-state index is 11.6. The van der Waals surface area contributed by atoms with Crippen molar-refractivity contribution >= 4 is 29.2 Å². The molecule has 3 N–H and O–H groups in total. The molecule has 4 amide bonds. The molecule has 1 aromatic rings. The van der Waals surface area contributed by atoms with Crippen molar-refractivity contribution in [1.82, 2.24) is 10.6 Å². The Bertz CT molecular complexity index is 533. The molecule has 2 rings (SSSR count). The van der Waals surface area contributed by atoms with Gasteiger partial charge in [-0.1, -0.05) is 18.2 Å². The number of hydrogen-bond donors (Lipinski definition) is 3. The second-order valence-corrected chi connectivity index (χ2v) is 3.97. The van der Waals surface area contributed by atoms with E-state index in [0.717, 1.165) is 5.69 Å². The van der Waals surface area contributed by atoms with Gasteiger partial charge in [-0.2, -0.15) is 5.10 Å². The van der Waals surface area contributed by atoms with Gasteiger partial charge in [0.1, 0.15) is 0 Å². The summed E-state index contributed by atoms with van der Waals surface area (Å²) in [6, 6.07) is 8.28. The molecule has 0 unspecified atom stereocenters. The van der Waals surface area contributed by atoms with E-state index in [4.69, 9.17) is 0 Å². The average molecular weight is 260 g/mol. The fourth-order valence-electron chi connectivity index (χ4n) is 1.63. The van der Waals surface area contributed by atoms with Gasteiger partial charge >= 0.3 is 6.03 Å². The van der Waals surface area contributed by atoms with Crippen molar-refractivity contribution in [2.75, 3.05) is 5.43 Å². The number of hydrazone groups is 1. The molecule has 98 valence electrons. The van der Waals surface area contributed by atoms with Gasteiger partial charge in [0.05, 0.1) is 11.4 Å². The summed E-state index contributed by atoms with van der Waals surface area (Å²) in [5, 5.41) is 8.02. The summed E-state index contributed by atoms with van der Waals surface area (Å²) in [5.74, 6) is -2.45. The summed E-state index contributed by atoms with van der Waals surface area (Å²) < 4.78 is 0. The van der Waals surface area contributed by atoms with E-state index in [1.165, 1.54) is 6.92 Å². The minimum atomic E-state index is -1.10. The smallest absolute Gasteiger partial charge is 0.279 e. The van der Waals surface area contributed by atoms with Gasteiger partial charge in [-0.25, -0.2) is 4.79 Å². The Kier molecular flexibility index (Phi) is 3.56. The molecule has 1 aromatic carbocycles. The maximum atomic E-state index is 11.6. The van der Waals surface area contributed by atoms with Crippen molar-refractivity contribution in [3.8, 4) is 0 Å². The summed E-state index contributed by atoms with van der Waals surface area (Å²) in [5.41, 5.74) is 3.74. The van der Waals surface area contributed by atoms with Gasteiger partial charge in [0.15, 0.2) is 5.92 Å². The van der Waals surface area contributed by atoms with Crippen molar-refractivity contribution < 1.29 is 14.4 Å². The van der Waals surface area contributed by atoms with E-state index < -0.39 is 23.8 Å². The topological polar surface area (TPSA) is 99.7 Å². The molecule has 1 saturated heterocycles. The number of nitrogens with zero attached hydrogens (tertiary/aromatic N) is 1. The van der Waals surface area contributed by atoms with Gasteiger partial charge < -0.3 is 0 Å². The standard InChI is InChI=1S/C12H12N4O3/c1-7(15-16-8-5-3-2-4-6-8)9-10(17)13-12(19)14-11(9)18/h2-6,9,16H,1H3,(H2,13,14,17,18,19)/b15-7+. The Morgan fingerprint density at radius 1 is 1.11 bits per heavy atom. The highest BCUT2D eigenvalue weighted by atomic mass is 16.2. The number of rotatable bonds is 3. The molecular weight excluding hydrogens is 248 g/mol. The van der Waals surface area contributed by atoms with E-state index in [9.17, 15) is 14.4 Å². The number of barbiturate groups is 1. The minimum Gasteiger partial charge on any atom is -0.279 e. The van der Waals surface area contributed by atoms with Gasteiger partial charge in [0.25, 0.3) is 0 Å². The first-order chi connectivity index (χ1) is 9.08. The van der Waals surface area contributed by atoms with Crippen LogP contribution in [-0.4, -0.2) is 23.6 Å². The molecule has 0 radical (unpaired) electrons. The number of anilines is 1. The zero-order valence-corrected chi connectivity index (χ0v) is 10.1. The average Bonchev–Trinajstić information content (AvgIpc) is 2.36. The first-order valence-corrected chi connectivity index (χ1v) is 5.59. The monoisotopic (exact) mass is 260 g/mol. The molecule has 0 atom stereocenters. The summed E-state index contributed by atoms with van der Waals surface area (Å²) in [6.45, 7) is 1.54. The van der Waals surface area contributed by atoms with Crippen molar-refractivity contribution in [2.45, 2.75) is 6.92 Å². The molecule has 1 fully saturated rings. The quantitative estimate of drug-likeness (QED) is 0.417. The Balaban J connectivity index is 2.10. The highest BCUT2D eigenvalue weighted by Crippen LogP contribution is 2.08. The molecule has 1 aliphatic rings. The van der Waals surface area contributed by atoms with Gasteiger partial charge in [-0.05, 0) is 19.1 Å². The van der Waals surface area contributed by atoms with Crippen LogP contribution in [0.25, 0.3) is 0 Å². The van der Waals surface area contributed by atoms with Crippen LogP contribution in [0.3, 0.4) is 0 Å². The first-order valence-electron chi connectivity index (χ1n) is 5.59. The number of amides is 4. The Morgan fingerprint density at radius 3 is 2.26 bits per heavy atom. The maximum Gasteiger partial charge on any atom is 0.328 e. The predicted octanol–water partition coefficient (Wildman–Crippen LogP) is 0.457. The van der Waals surface area contributed by atoms with Crippen molar-refractivity contribution in [2.24, 2.45) is 11.0 Å². The third kappa shape index (κ3) is 2.95. The fraction of sp³-hybridized carbons (Fsp3) is 0.167. The molecule has 7 nitrogen and oxygen atoms in total. The van der Waals surface area contributed by atoms with E-state index in [-0.39, 0.29) is 5.71 Å². The van der Waals surface area contributed by atoms with Crippen LogP contribution in [-0.2, 0) is 9.59 Å². The molecule has 0 bridgehead atoms. The number of imide groups is 2. The van der Waals surface area contributed by atoms with Gasteiger partial charge in [0, 0.05) is 0 Å². The SMILES string of the molecule is C/C(=N\Nc1ccccc1)C1C(=O)NC(=O)NC1=O.